The lowest BCUT2D eigenvalue weighted by Crippen LogP contribution is -2.27. The van der Waals surface area contributed by atoms with E-state index in [0.717, 1.165) is 28.3 Å². The molecule has 0 radical (unpaired) electrons. The summed E-state index contributed by atoms with van der Waals surface area (Å²) in [7, 11) is 0. The van der Waals surface area contributed by atoms with Gasteiger partial charge in [0.15, 0.2) is 0 Å². The number of para-hydroxylation sites is 1. The molecule has 1 fully saturated rings. The molecule has 0 unspecified atom stereocenters. The third-order valence-electron chi connectivity index (χ3n) is 3.41. The smallest absolute Gasteiger partial charge is 0.253 e. The van der Waals surface area contributed by atoms with Gasteiger partial charge in [0.2, 0.25) is 0 Å². The molecular weight excluding hydrogens is 318 g/mol. The number of rotatable bonds is 4. The first-order valence-corrected chi connectivity index (χ1v) is 8.37. The summed E-state index contributed by atoms with van der Waals surface area (Å²) in [5.41, 5.74) is 0.808. The van der Waals surface area contributed by atoms with Crippen LogP contribution in [0, 0.1) is 0 Å². The Morgan fingerprint density at radius 3 is 2.68 bits per heavy atom. The van der Waals surface area contributed by atoms with Gasteiger partial charge in [0.05, 0.1) is 5.69 Å². The maximum Gasteiger partial charge on any atom is 0.253 e. The summed E-state index contributed by atoms with van der Waals surface area (Å²) in [6.07, 6.45) is 1.41. The highest BCUT2D eigenvalue weighted by atomic mass is 35.5. The largest absolute Gasteiger partial charge is 0.368 e. The molecule has 1 aliphatic rings. The van der Waals surface area contributed by atoms with E-state index in [9.17, 15) is 4.79 Å². The number of hydrogen-bond acceptors (Lipinski definition) is 3. The molecule has 1 amide bonds. The molecule has 1 atom stereocenters. The van der Waals surface area contributed by atoms with E-state index in [0.29, 0.717) is 11.6 Å². The molecule has 1 heterocycles. The second kappa shape index (κ2) is 7.18. The highest BCUT2D eigenvalue weighted by Crippen LogP contribution is 2.34. The topological polar surface area (TPSA) is 38.3 Å². The maximum absolute atomic E-state index is 12.2. The van der Waals surface area contributed by atoms with Crippen molar-refractivity contribution >= 4 is 35.0 Å². The zero-order chi connectivity index (χ0) is 15.4. The number of benzene rings is 2. The second-order valence-corrected chi connectivity index (χ2v) is 6.59. The van der Waals surface area contributed by atoms with Crippen LogP contribution >= 0.6 is 23.4 Å². The Morgan fingerprint density at radius 2 is 1.95 bits per heavy atom. The number of hydrogen-bond donors (Lipinski definition) is 1. The normalized spacial score (nSPS) is 17.4. The van der Waals surface area contributed by atoms with Crippen molar-refractivity contribution in [2.45, 2.75) is 28.7 Å². The Hall–Kier alpha value is -1.49. The van der Waals surface area contributed by atoms with Crippen molar-refractivity contribution in [1.29, 1.82) is 0 Å². The lowest BCUT2D eigenvalue weighted by molar-refractivity contribution is -0.124. The van der Waals surface area contributed by atoms with E-state index in [1.807, 2.05) is 48.5 Å². The van der Waals surface area contributed by atoms with E-state index in [-0.39, 0.29) is 12.0 Å². The van der Waals surface area contributed by atoms with Crippen LogP contribution in [0.2, 0.25) is 5.02 Å². The fourth-order valence-corrected chi connectivity index (χ4v) is 3.31. The molecule has 22 heavy (non-hydrogen) atoms. The van der Waals surface area contributed by atoms with Crippen molar-refractivity contribution < 1.29 is 9.53 Å². The molecule has 2 aromatic carbocycles. The molecule has 1 saturated heterocycles. The summed E-state index contributed by atoms with van der Waals surface area (Å²) in [5.74, 6) is -0.0679. The van der Waals surface area contributed by atoms with E-state index >= 15 is 0 Å². The number of carbonyl (C=O) groups is 1. The van der Waals surface area contributed by atoms with Crippen LogP contribution in [0.1, 0.15) is 12.8 Å². The summed E-state index contributed by atoms with van der Waals surface area (Å²) in [4.78, 5) is 14.3. The van der Waals surface area contributed by atoms with Crippen molar-refractivity contribution in [2.75, 3.05) is 11.9 Å². The molecule has 0 saturated carbocycles. The van der Waals surface area contributed by atoms with E-state index in [1.54, 1.807) is 11.8 Å². The van der Waals surface area contributed by atoms with E-state index in [1.165, 1.54) is 0 Å². The molecular formula is C17H16ClNO2S. The van der Waals surface area contributed by atoms with Gasteiger partial charge in [-0.15, -0.1) is 0 Å². The third kappa shape index (κ3) is 3.83. The molecule has 0 bridgehead atoms. The zero-order valence-electron chi connectivity index (χ0n) is 11.9. The van der Waals surface area contributed by atoms with Crippen LogP contribution in [0.15, 0.2) is 58.3 Å². The quantitative estimate of drug-likeness (QED) is 0.888. The van der Waals surface area contributed by atoms with Gasteiger partial charge < -0.3 is 10.1 Å². The summed E-state index contributed by atoms with van der Waals surface area (Å²) >= 11 is 7.50. The number of anilines is 1. The van der Waals surface area contributed by atoms with Crippen molar-refractivity contribution in [3.63, 3.8) is 0 Å². The van der Waals surface area contributed by atoms with E-state index < -0.39 is 0 Å². The summed E-state index contributed by atoms with van der Waals surface area (Å²) in [6.45, 7) is 0.666. The van der Waals surface area contributed by atoms with Crippen LogP contribution in [0.4, 0.5) is 5.69 Å². The van der Waals surface area contributed by atoms with Crippen molar-refractivity contribution in [2.24, 2.45) is 0 Å². The van der Waals surface area contributed by atoms with Gasteiger partial charge in [-0.3, -0.25) is 4.79 Å². The highest BCUT2D eigenvalue weighted by molar-refractivity contribution is 7.99. The summed E-state index contributed by atoms with van der Waals surface area (Å²) in [6, 6.07) is 15.4. The molecule has 3 rings (SSSR count). The second-order valence-electron chi connectivity index (χ2n) is 5.04. The van der Waals surface area contributed by atoms with Gasteiger partial charge in [-0.1, -0.05) is 35.5 Å². The zero-order valence-corrected chi connectivity index (χ0v) is 13.5. The SMILES string of the molecule is O=C(Nc1ccccc1Sc1ccc(Cl)cc1)[C@H]1CCCO1. The maximum atomic E-state index is 12.2. The third-order valence-corrected chi connectivity index (χ3v) is 4.74. The van der Waals surface area contributed by atoms with Gasteiger partial charge in [0.25, 0.3) is 5.91 Å². The first-order chi connectivity index (χ1) is 10.7. The van der Waals surface area contributed by atoms with Crippen LogP contribution in [0.25, 0.3) is 0 Å². The first-order valence-electron chi connectivity index (χ1n) is 7.17. The minimum absolute atomic E-state index is 0.0679. The molecule has 0 aliphatic carbocycles. The lowest BCUT2D eigenvalue weighted by atomic mass is 10.2. The average Bonchev–Trinajstić information content (AvgIpc) is 3.06. The van der Waals surface area contributed by atoms with Gasteiger partial charge in [-0.05, 0) is 49.2 Å². The lowest BCUT2D eigenvalue weighted by Gasteiger charge is -2.13. The molecule has 114 valence electrons. The minimum Gasteiger partial charge on any atom is -0.368 e. The Bertz CT molecular complexity index is 654. The molecule has 2 aromatic rings. The number of halogens is 1. The Balaban J connectivity index is 1.74. The monoisotopic (exact) mass is 333 g/mol. The number of carbonyl (C=O) groups excluding carboxylic acids is 1. The van der Waals surface area contributed by atoms with Crippen LogP contribution in [-0.2, 0) is 9.53 Å². The summed E-state index contributed by atoms with van der Waals surface area (Å²) in [5, 5.41) is 3.69. The van der Waals surface area contributed by atoms with Crippen LogP contribution < -0.4 is 5.32 Å². The number of ether oxygens (including phenoxy) is 1. The fourth-order valence-electron chi connectivity index (χ4n) is 2.29. The van der Waals surface area contributed by atoms with Crippen LogP contribution in [0.5, 0.6) is 0 Å². The highest BCUT2D eigenvalue weighted by Gasteiger charge is 2.24. The minimum atomic E-state index is -0.325. The van der Waals surface area contributed by atoms with Crippen LogP contribution in [-0.4, -0.2) is 18.6 Å². The predicted octanol–water partition coefficient (Wildman–Crippen LogP) is 4.61. The van der Waals surface area contributed by atoms with Gasteiger partial charge >= 0.3 is 0 Å². The van der Waals surface area contributed by atoms with Gasteiger partial charge in [-0.2, -0.15) is 0 Å². The van der Waals surface area contributed by atoms with Gasteiger partial charge in [0, 0.05) is 21.4 Å². The Labute approximate surface area is 139 Å². The first kappa shape index (κ1) is 15.4. The van der Waals surface area contributed by atoms with Crippen molar-refractivity contribution in [3.8, 4) is 0 Å². The molecule has 0 aromatic heterocycles. The molecule has 3 nitrogen and oxygen atoms in total. The fraction of sp³-hybridized carbons (Fsp3) is 0.235. The van der Waals surface area contributed by atoms with Gasteiger partial charge in [-0.25, -0.2) is 0 Å². The average molecular weight is 334 g/mol. The van der Waals surface area contributed by atoms with E-state index in [2.05, 4.69) is 5.32 Å². The van der Waals surface area contributed by atoms with Crippen LogP contribution in [0.3, 0.4) is 0 Å². The standard InChI is InChI=1S/C17H16ClNO2S/c18-12-7-9-13(10-8-12)22-16-6-2-1-4-14(16)19-17(20)15-5-3-11-21-15/h1-2,4,6-10,15H,3,5,11H2,(H,19,20)/t15-/m1/s1. The van der Waals surface area contributed by atoms with Crippen molar-refractivity contribution in [1.82, 2.24) is 0 Å². The Kier molecular flexibility index (Phi) is 5.03. The number of amides is 1. The van der Waals surface area contributed by atoms with Gasteiger partial charge in [0.1, 0.15) is 6.10 Å². The molecule has 5 heteroatoms. The number of nitrogens with one attached hydrogen (secondary N) is 1. The Morgan fingerprint density at radius 1 is 1.18 bits per heavy atom. The van der Waals surface area contributed by atoms with E-state index in [4.69, 9.17) is 16.3 Å². The molecule has 0 spiro atoms. The summed E-state index contributed by atoms with van der Waals surface area (Å²) < 4.78 is 5.42. The predicted molar refractivity (Wildman–Crippen MR) is 89.6 cm³/mol. The van der Waals surface area contributed by atoms with Crippen molar-refractivity contribution in [3.05, 3.63) is 53.6 Å². The molecule has 1 aliphatic heterocycles. The molecule has 1 N–H and O–H groups in total.